The molecule has 2 aliphatic rings. The van der Waals surface area contributed by atoms with E-state index in [1.807, 2.05) is 11.0 Å². The van der Waals surface area contributed by atoms with Crippen molar-refractivity contribution in [2.24, 2.45) is 0 Å². The van der Waals surface area contributed by atoms with Gasteiger partial charge in [-0.1, -0.05) is 35.0 Å². The number of carbonyl (C=O) groups excluding carboxylic acids is 1. The van der Waals surface area contributed by atoms with Crippen molar-refractivity contribution < 1.29 is 9.32 Å². The van der Waals surface area contributed by atoms with Crippen LogP contribution in [0.4, 0.5) is 0 Å². The summed E-state index contributed by atoms with van der Waals surface area (Å²) in [6.45, 7) is 4.97. The van der Waals surface area contributed by atoms with Crippen LogP contribution in [0.15, 0.2) is 34.9 Å². The SMILES string of the molecule is Cc1ccc([C@@H]2C[C@H](C)N(C(=O)c3cc(C4CC4)on3)C2)cc1. The molecule has 0 bridgehead atoms. The second-order valence-electron chi connectivity index (χ2n) is 7.04. The number of rotatable bonds is 3. The summed E-state index contributed by atoms with van der Waals surface area (Å²) < 4.78 is 5.33. The Morgan fingerprint density at radius 2 is 1.96 bits per heavy atom. The predicted molar refractivity (Wildman–Crippen MR) is 87.5 cm³/mol. The van der Waals surface area contributed by atoms with Gasteiger partial charge in [0.25, 0.3) is 5.91 Å². The largest absolute Gasteiger partial charge is 0.360 e. The molecule has 4 heteroatoms. The topological polar surface area (TPSA) is 46.3 Å². The van der Waals surface area contributed by atoms with E-state index in [2.05, 4.69) is 43.3 Å². The molecule has 120 valence electrons. The van der Waals surface area contributed by atoms with Crippen LogP contribution in [-0.4, -0.2) is 28.6 Å². The molecule has 23 heavy (non-hydrogen) atoms. The summed E-state index contributed by atoms with van der Waals surface area (Å²) in [5, 5.41) is 4.00. The summed E-state index contributed by atoms with van der Waals surface area (Å²) in [5.41, 5.74) is 3.04. The summed E-state index contributed by atoms with van der Waals surface area (Å²) in [7, 11) is 0. The van der Waals surface area contributed by atoms with Gasteiger partial charge in [-0.25, -0.2) is 0 Å². The minimum Gasteiger partial charge on any atom is -0.360 e. The molecule has 0 unspecified atom stereocenters. The minimum absolute atomic E-state index is 0.00256. The molecule has 2 atom stereocenters. The van der Waals surface area contributed by atoms with Crippen molar-refractivity contribution in [3.8, 4) is 0 Å². The number of carbonyl (C=O) groups is 1. The van der Waals surface area contributed by atoms with Gasteiger partial charge in [0, 0.05) is 30.5 Å². The Hall–Kier alpha value is -2.10. The van der Waals surface area contributed by atoms with Crippen molar-refractivity contribution in [3.05, 3.63) is 52.9 Å². The summed E-state index contributed by atoms with van der Waals surface area (Å²) in [5.74, 6) is 1.77. The van der Waals surface area contributed by atoms with Gasteiger partial charge in [0.05, 0.1) is 0 Å². The van der Waals surface area contributed by atoms with Crippen LogP contribution in [0.25, 0.3) is 0 Å². The molecule has 4 rings (SSSR count). The molecule has 1 aliphatic carbocycles. The van der Waals surface area contributed by atoms with Crippen LogP contribution < -0.4 is 0 Å². The van der Waals surface area contributed by atoms with Crippen LogP contribution in [0.5, 0.6) is 0 Å². The second kappa shape index (κ2) is 5.52. The van der Waals surface area contributed by atoms with Crippen LogP contribution in [0.3, 0.4) is 0 Å². The molecule has 2 fully saturated rings. The maximum Gasteiger partial charge on any atom is 0.276 e. The number of aromatic nitrogens is 1. The van der Waals surface area contributed by atoms with Crippen LogP contribution >= 0.6 is 0 Å². The minimum atomic E-state index is 0.00256. The number of benzene rings is 1. The van der Waals surface area contributed by atoms with Gasteiger partial charge in [0.1, 0.15) is 5.76 Å². The molecule has 2 aromatic rings. The fraction of sp³-hybridized carbons (Fsp3) is 0.474. The highest BCUT2D eigenvalue weighted by Crippen LogP contribution is 2.40. The lowest BCUT2D eigenvalue weighted by Crippen LogP contribution is -2.34. The third kappa shape index (κ3) is 2.78. The van der Waals surface area contributed by atoms with Crippen LogP contribution in [0.2, 0.25) is 0 Å². The molecule has 0 N–H and O–H groups in total. The average Bonchev–Trinajstić information content (AvgIpc) is 3.15. The van der Waals surface area contributed by atoms with Gasteiger partial charge in [-0.05, 0) is 38.7 Å². The summed E-state index contributed by atoms with van der Waals surface area (Å²) >= 11 is 0. The number of amides is 1. The molecule has 1 saturated carbocycles. The Labute approximate surface area is 136 Å². The molecule has 1 aromatic heterocycles. The fourth-order valence-corrected chi connectivity index (χ4v) is 3.49. The second-order valence-corrected chi connectivity index (χ2v) is 7.04. The van der Waals surface area contributed by atoms with Crippen molar-refractivity contribution >= 4 is 5.91 Å². The van der Waals surface area contributed by atoms with E-state index < -0.39 is 0 Å². The number of hydrogen-bond acceptors (Lipinski definition) is 3. The number of likely N-dealkylation sites (tertiary alicyclic amines) is 1. The highest BCUT2D eigenvalue weighted by Gasteiger charge is 2.36. The smallest absolute Gasteiger partial charge is 0.276 e. The third-order valence-corrected chi connectivity index (χ3v) is 5.11. The summed E-state index contributed by atoms with van der Waals surface area (Å²) in [6, 6.07) is 10.7. The van der Waals surface area contributed by atoms with Crippen molar-refractivity contribution in [1.29, 1.82) is 0 Å². The molecule has 1 aromatic carbocycles. The first-order valence-electron chi connectivity index (χ1n) is 8.46. The first kappa shape index (κ1) is 14.5. The Balaban J connectivity index is 1.49. The van der Waals surface area contributed by atoms with Gasteiger partial charge < -0.3 is 9.42 Å². The normalized spacial score (nSPS) is 24.2. The number of aryl methyl sites for hydroxylation is 1. The van der Waals surface area contributed by atoms with E-state index in [1.165, 1.54) is 11.1 Å². The quantitative estimate of drug-likeness (QED) is 0.864. The van der Waals surface area contributed by atoms with E-state index in [9.17, 15) is 4.79 Å². The van der Waals surface area contributed by atoms with Crippen molar-refractivity contribution in [2.75, 3.05) is 6.54 Å². The summed E-state index contributed by atoms with van der Waals surface area (Å²) in [4.78, 5) is 14.7. The van der Waals surface area contributed by atoms with Gasteiger partial charge in [-0.15, -0.1) is 0 Å². The zero-order valence-corrected chi connectivity index (χ0v) is 13.7. The number of hydrogen-bond donors (Lipinski definition) is 0. The van der Waals surface area contributed by atoms with Crippen LogP contribution in [0.1, 0.15) is 65.4 Å². The van der Waals surface area contributed by atoms with E-state index in [1.54, 1.807) is 0 Å². The lowest BCUT2D eigenvalue weighted by Gasteiger charge is -2.19. The predicted octanol–water partition coefficient (Wildman–Crippen LogP) is 3.88. The Kier molecular flexibility index (Phi) is 3.47. The van der Waals surface area contributed by atoms with Crippen LogP contribution in [-0.2, 0) is 0 Å². The fourth-order valence-electron chi connectivity index (χ4n) is 3.49. The molecule has 2 heterocycles. The van der Waals surface area contributed by atoms with E-state index in [0.29, 0.717) is 17.5 Å². The molecule has 1 aliphatic heterocycles. The van der Waals surface area contributed by atoms with Gasteiger partial charge in [0.2, 0.25) is 0 Å². The molecule has 1 saturated heterocycles. The van der Waals surface area contributed by atoms with Gasteiger partial charge >= 0.3 is 0 Å². The lowest BCUT2D eigenvalue weighted by molar-refractivity contribution is 0.0735. The first-order valence-corrected chi connectivity index (χ1v) is 8.46. The van der Waals surface area contributed by atoms with Crippen molar-refractivity contribution in [1.82, 2.24) is 10.1 Å². The molecule has 0 spiro atoms. The van der Waals surface area contributed by atoms with Gasteiger partial charge in [0.15, 0.2) is 5.69 Å². The molecular formula is C19H22N2O2. The van der Waals surface area contributed by atoms with E-state index >= 15 is 0 Å². The number of nitrogens with zero attached hydrogens (tertiary/aromatic N) is 2. The monoisotopic (exact) mass is 310 g/mol. The highest BCUT2D eigenvalue weighted by atomic mass is 16.5. The molecular weight excluding hydrogens is 288 g/mol. The molecule has 1 amide bonds. The van der Waals surface area contributed by atoms with E-state index in [4.69, 9.17) is 4.52 Å². The van der Waals surface area contributed by atoms with Gasteiger partial charge in [-0.3, -0.25) is 4.79 Å². The maximum atomic E-state index is 12.7. The first-order chi connectivity index (χ1) is 11.1. The van der Waals surface area contributed by atoms with Crippen molar-refractivity contribution in [3.63, 3.8) is 0 Å². The average molecular weight is 310 g/mol. The maximum absolute atomic E-state index is 12.7. The Bertz CT molecular complexity index is 715. The summed E-state index contributed by atoms with van der Waals surface area (Å²) in [6.07, 6.45) is 3.30. The zero-order chi connectivity index (χ0) is 16.0. The highest BCUT2D eigenvalue weighted by molar-refractivity contribution is 5.92. The zero-order valence-electron chi connectivity index (χ0n) is 13.7. The van der Waals surface area contributed by atoms with Crippen LogP contribution in [0, 0.1) is 6.92 Å². The van der Waals surface area contributed by atoms with Crippen molar-refractivity contribution in [2.45, 2.75) is 51.0 Å². The molecule has 4 nitrogen and oxygen atoms in total. The Morgan fingerprint density at radius 3 is 2.65 bits per heavy atom. The lowest BCUT2D eigenvalue weighted by atomic mass is 9.96. The standard InChI is InChI=1S/C19H22N2O2/c1-12-3-5-14(6-4-12)16-9-13(2)21(11-16)19(22)17-10-18(23-20-17)15-7-8-15/h3-6,10,13,15-16H,7-9,11H2,1-2H3/t13-,16+/m0/s1. The molecule has 0 radical (unpaired) electrons. The van der Waals surface area contributed by atoms with Gasteiger partial charge in [-0.2, -0.15) is 0 Å². The van der Waals surface area contributed by atoms with E-state index in [0.717, 1.165) is 31.6 Å². The Morgan fingerprint density at radius 1 is 1.22 bits per heavy atom. The van der Waals surface area contributed by atoms with E-state index in [-0.39, 0.29) is 11.9 Å². The third-order valence-electron chi connectivity index (χ3n) is 5.11.